The molecule has 0 saturated carbocycles. The molecule has 0 bridgehead atoms. The fourth-order valence-corrected chi connectivity index (χ4v) is 2.94. The second-order valence-corrected chi connectivity index (χ2v) is 6.78. The smallest absolute Gasteiger partial charge is 0.315 e. The molecule has 3 amide bonds. The van der Waals surface area contributed by atoms with E-state index in [1.807, 2.05) is 61.5 Å². The number of carbonyl (C=O) groups excluding carboxylic acids is 2. The molecule has 6 heteroatoms. The third kappa shape index (κ3) is 6.46. The molecule has 0 spiro atoms. The van der Waals surface area contributed by atoms with Gasteiger partial charge in [0.15, 0.2) is 0 Å². The molecule has 0 radical (unpaired) electrons. The maximum atomic E-state index is 12.8. The molecule has 0 unspecified atom stereocenters. The number of nitrogens with one attached hydrogen (secondary N) is 3. The Morgan fingerprint density at radius 3 is 2.38 bits per heavy atom. The first-order valence-corrected chi connectivity index (χ1v) is 9.45. The lowest BCUT2D eigenvalue weighted by Crippen LogP contribution is -2.49. The summed E-state index contributed by atoms with van der Waals surface area (Å²) in [6.07, 6.45) is 3.59. The van der Waals surface area contributed by atoms with Gasteiger partial charge in [-0.2, -0.15) is 0 Å². The Kier molecular flexibility index (Phi) is 6.95. The third-order valence-corrected chi connectivity index (χ3v) is 4.39. The van der Waals surface area contributed by atoms with Crippen LogP contribution in [0.5, 0.6) is 0 Å². The summed E-state index contributed by atoms with van der Waals surface area (Å²) in [7, 11) is 0. The van der Waals surface area contributed by atoms with Crippen molar-refractivity contribution in [1.82, 2.24) is 15.6 Å². The molecule has 0 fully saturated rings. The van der Waals surface area contributed by atoms with Crippen LogP contribution in [0.3, 0.4) is 0 Å². The van der Waals surface area contributed by atoms with Crippen LogP contribution in [0.2, 0.25) is 0 Å². The maximum absolute atomic E-state index is 12.8. The van der Waals surface area contributed by atoms with Crippen molar-refractivity contribution >= 4 is 17.6 Å². The van der Waals surface area contributed by atoms with Crippen LogP contribution in [0.25, 0.3) is 0 Å². The van der Waals surface area contributed by atoms with Crippen LogP contribution < -0.4 is 16.0 Å². The number of nitrogens with zero attached hydrogens (tertiary/aromatic N) is 1. The Balaban J connectivity index is 1.65. The Labute approximate surface area is 170 Å². The van der Waals surface area contributed by atoms with Gasteiger partial charge in [0.2, 0.25) is 5.91 Å². The number of carbonyl (C=O) groups is 2. The molecule has 0 aliphatic heterocycles. The molecule has 1 atom stereocenters. The summed E-state index contributed by atoms with van der Waals surface area (Å²) in [5.74, 6) is -0.286. The highest BCUT2D eigenvalue weighted by Gasteiger charge is 2.21. The van der Waals surface area contributed by atoms with E-state index in [0.717, 1.165) is 16.7 Å². The largest absolute Gasteiger partial charge is 0.334 e. The van der Waals surface area contributed by atoms with E-state index in [0.29, 0.717) is 18.7 Å². The highest BCUT2D eigenvalue weighted by Crippen LogP contribution is 2.08. The fourth-order valence-electron chi connectivity index (χ4n) is 2.94. The zero-order chi connectivity index (χ0) is 20.5. The summed E-state index contributed by atoms with van der Waals surface area (Å²) >= 11 is 0. The predicted molar refractivity (Wildman–Crippen MR) is 113 cm³/mol. The number of anilines is 1. The molecule has 29 heavy (non-hydrogen) atoms. The number of rotatable bonds is 7. The SMILES string of the molecule is Cc1cccc(CNC(=O)N[C@@H](Cc2ccccc2)C(=O)Nc2ccncc2)c1. The van der Waals surface area contributed by atoms with E-state index < -0.39 is 12.1 Å². The monoisotopic (exact) mass is 388 g/mol. The summed E-state index contributed by atoms with van der Waals surface area (Å²) in [4.78, 5) is 29.2. The van der Waals surface area contributed by atoms with Crippen LogP contribution >= 0.6 is 0 Å². The summed E-state index contributed by atoms with van der Waals surface area (Å²) in [6, 6.07) is 19.8. The molecule has 3 N–H and O–H groups in total. The minimum atomic E-state index is -0.719. The van der Waals surface area contributed by atoms with E-state index in [1.54, 1.807) is 24.5 Å². The van der Waals surface area contributed by atoms with Crippen molar-refractivity contribution in [3.8, 4) is 0 Å². The first-order valence-electron chi connectivity index (χ1n) is 9.45. The van der Waals surface area contributed by atoms with Gasteiger partial charge in [0, 0.05) is 31.0 Å². The van der Waals surface area contributed by atoms with E-state index in [1.165, 1.54) is 0 Å². The number of hydrogen-bond donors (Lipinski definition) is 3. The van der Waals surface area contributed by atoms with Gasteiger partial charge in [-0.1, -0.05) is 60.2 Å². The number of aromatic nitrogens is 1. The van der Waals surface area contributed by atoms with Crippen molar-refractivity contribution in [1.29, 1.82) is 0 Å². The van der Waals surface area contributed by atoms with Crippen molar-refractivity contribution in [3.05, 3.63) is 95.8 Å². The summed E-state index contributed by atoms with van der Waals surface area (Å²) in [6.45, 7) is 2.39. The average Bonchev–Trinajstić information content (AvgIpc) is 2.73. The van der Waals surface area contributed by atoms with Crippen LogP contribution in [0, 0.1) is 6.92 Å². The number of benzene rings is 2. The maximum Gasteiger partial charge on any atom is 0.315 e. The molecule has 1 aromatic heterocycles. The molecule has 3 rings (SSSR count). The van der Waals surface area contributed by atoms with E-state index in [9.17, 15) is 9.59 Å². The van der Waals surface area contributed by atoms with E-state index in [-0.39, 0.29) is 5.91 Å². The van der Waals surface area contributed by atoms with Crippen LogP contribution in [-0.2, 0) is 17.8 Å². The van der Waals surface area contributed by atoms with Gasteiger partial charge in [0.1, 0.15) is 6.04 Å². The van der Waals surface area contributed by atoms with Crippen molar-refractivity contribution in [2.45, 2.75) is 25.9 Å². The molecular formula is C23H24N4O2. The minimum Gasteiger partial charge on any atom is -0.334 e. The molecule has 0 aliphatic carbocycles. The number of pyridine rings is 1. The first kappa shape index (κ1) is 20.1. The van der Waals surface area contributed by atoms with Crippen LogP contribution in [0.15, 0.2) is 79.1 Å². The van der Waals surface area contributed by atoms with Gasteiger partial charge in [0.05, 0.1) is 0 Å². The normalized spacial score (nSPS) is 11.3. The molecule has 3 aromatic rings. The van der Waals surface area contributed by atoms with Gasteiger partial charge in [-0.05, 0) is 30.2 Å². The van der Waals surface area contributed by atoms with Crippen molar-refractivity contribution in [2.75, 3.05) is 5.32 Å². The quantitative estimate of drug-likeness (QED) is 0.580. The Hall–Kier alpha value is -3.67. The zero-order valence-electron chi connectivity index (χ0n) is 16.3. The lowest BCUT2D eigenvalue weighted by Gasteiger charge is -2.19. The van der Waals surface area contributed by atoms with Gasteiger partial charge in [-0.15, -0.1) is 0 Å². The molecular weight excluding hydrogens is 364 g/mol. The van der Waals surface area contributed by atoms with Gasteiger partial charge in [-0.25, -0.2) is 4.79 Å². The van der Waals surface area contributed by atoms with Gasteiger partial charge in [-0.3, -0.25) is 9.78 Å². The lowest BCUT2D eigenvalue weighted by atomic mass is 10.1. The van der Waals surface area contributed by atoms with E-state index >= 15 is 0 Å². The highest BCUT2D eigenvalue weighted by atomic mass is 16.2. The minimum absolute atomic E-state index is 0.286. The van der Waals surface area contributed by atoms with Crippen molar-refractivity contribution in [2.24, 2.45) is 0 Å². The zero-order valence-corrected chi connectivity index (χ0v) is 16.3. The van der Waals surface area contributed by atoms with E-state index in [4.69, 9.17) is 0 Å². The number of hydrogen-bond acceptors (Lipinski definition) is 3. The molecule has 2 aromatic carbocycles. The Bertz CT molecular complexity index is 945. The summed E-state index contributed by atoms with van der Waals surface area (Å²) < 4.78 is 0. The topological polar surface area (TPSA) is 83.1 Å². The summed E-state index contributed by atoms with van der Waals surface area (Å²) in [5.41, 5.74) is 3.72. The second kappa shape index (κ2) is 10.0. The highest BCUT2D eigenvalue weighted by molar-refractivity contribution is 5.97. The van der Waals surface area contributed by atoms with Crippen LogP contribution in [0.4, 0.5) is 10.5 Å². The first-order chi connectivity index (χ1) is 14.1. The standard InChI is InChI=1S/C23H24N4O2/c1-17-6-5-9-19(14-17)16-25-23(29)27-21(15-18-7-3-2-4-8-18)22(28)26-20-10-12-24-13-11-20/h2-14,21H,15-16H2,1H3,(H,24,26,28)(H2,25,27,29)/t21-/m0/s1. The summed E-state index contributed by atoms with van der Waals surface area (Å²) in [5, 5.41) is 8.44. The van der Waals surface area contributed by atoms with E-state index in [2.05, 4.69) is 20.9 Å². The van der Waals surface area contributed by atoms with Gasteiger partial charge < -0.3 is 16.0 Å². The Morgan fingerprint density at radius 1 is 0.931 bits per heavy atom. The molecule has 148 valence electrons. The number of aryl methyl sites for hydroxylation is 1. The molecule has 0 saturated heterocycles. The fraction of sp³-hybridized carbons (Fsp3) is 0.174. The second-order valence-electron chi connectivity index (χ2n) is 6.78. The predicted octanol–water partition coefficient (Wildman–Crippen LogP) is 3.44. The van der Waals surface area contributed by atoms with Crippen molar-refractivity contribution < 1.29 is 9.59 Å². The molecule has 1 heterocycles. The number of amides is 3. The molecule has 0 aliphatic rings. The van der Waals surface area contributed by atoms with Crippen LogP contribution in [0.1, 0.15) is 16.7 Å². The lowest BCUT2D eigenvalue weighted by molar-refractivity contribution is -0.117. The molecule has 6 nitrogen and oxygen atoms in total. The third-order valence-electron chi connectivity index (χ3n) is 4.39. The van der Waals surface area contributed by atoms with Gasteiger partial charge in [0.25, 0.3) is 0 Å². The number of urea groups is 1. The average molecular weight is 388 g/mol. The van der Waals surface area contributed by atoms with Crippen LogP contribution in [-0.4, -0.2) is 23.0 Å². The Morgan fingerprint density at radius 2 is 1.66 bits per heavy atom. The van der Waals surface area contributed by atoms with Crippen molar-refractivity contribution in [3.63, 3.8) is 0 Å². The van der Waals surface area contributed by atoms with Gasteiger partial charge >= 0.3 is 6.03 Å².